The monoisotopic (exact) mass is 389 g/mol. The molecule has 8 heteroatoms. The first-order valence-electron chi connectivity index (χ1n) is 6.70. The van der Waals surface area contributed by atoms with Crippen molar-refractivity contribution in [3.05, 3.63) is 62.8 Å². The maximum absolute atomic E-state index is 13.6. The number of anilines is 1. The molecule has 0 saturated carbocycles. The SMILES string of the molecule is CC(OC(=O)c1cc(Cl)ccc1F)C(=O)Nc1cc(Cl)ccc1Cl. The molecule has 1 amide bonds. The van der Waals surface area contributed by atoms with E-state index in [1.54, 1.807) is 6.07 Å². The molecule has 0 radical (unpaired) electrons. The molecule has 0 aromatic heterocycles. The van der Waals surface area contributed by atoms with Gasteiger partial charge in [-0.3, -0.25) is 4.79 Å². The van der Waals surface area contributed by atoms with E-state index in [0.29, 0.717) is 5.02 Å². The number of halogens is 4. The first kappa shape index (κ1) is 18.5. The van der Waals surface area contributed by atoms with Gasteiger partial charge >= 0.3 is 5.97 Å². The second-order valence-corrected chi connectivity index (χ2v) is 6.07. The van der Waals surface area contributed by atoms with Crippen molar-refractivity contribution < 1.29 is 18.7 Å². The summed E-state index contributed by atoms with van der Waals surface area (Å²) in [6.45, 7) is 1.34. The van der Waals surface area contributed by atoms with E-state index < -0.39 is 23.8 Å². The summed E-state index contributed by atoms with van der Waals surface area (Å²) < 4.78 is 18.6. The van der Waals surface area contributed by atoms with Crippen LogP contribution in [-0.2, 0) is 9.53 Å². The first-order valence-corrected chi connectivity index (χ1v) is 7.83. The molecule has 2 aromatic rings. The van der Waals surface area contributed by atoms with Crippen LogP contribution < -0.4 is 5.32 Å². The van der Waals surface area contributed by atoms with E-state index in [2.05, 4.69) is 5.32 Å². The maximum Gasteiger partial charge on any atom is 0.341 e. The summed E-state index contributed by atoms with van der Waals surface area (Å²) in [7, 11) is 0. The van der Waals surface area contributed by atoms with Crippen molar-refractivity contribution in [3.63, 3.8) is 0 Å². The van der Waals surface area contributed by atoms with Crippen molar-refractivity contribution >= 4 is 52.4 Å². The number of rotatable bonds is 4. The Hall–Kier alpha value is -1.82. The number of ether oxygens (including phenoxy) is 1. The Kier molecular flexibility index (Phi) is 6.04. The zero-order valence-corrected chi connectivity index (χ0v) is 14.5. The van der Waals surface area contributed by atoms with Crippen molar-refractivity contribution in [1.29, 1.82) is 0 Å². The minimum Gasteiger partial charge on any atom is -0.449 e. The highest BCUT2D eigenvalue weighted by molar-refractivity contribution is 6.35. The number of benzene rings is 2. The molecule has 0 bridgehead atoms. The highest BCUT2D eigenvalue weighted by atomic mass is 35.5. The Morgan fingerprint density at radius 2 is 1.71 bits per heavy atom. The van der Waals surface area contributed by atoms with E-state index >= 15 is 0 Å². The molecular weight excluding hydrogens is 380 g/mol. The lowest BCUT2D eigenvalue weighted by Gasteiger charge is -2.14. The highest BCUT2D eigenvalue weighted by Gasteiger charge is 2.22. The van der Waals surface area contributed by atoms with Gasteiger partial charge in [0.05, 0.1) is 16.3 Å². The molecule has 0 fully saturated rings. The maximum atomic E-state index is 13.6. The highest BCUT2D eigenvalue weighted by Crippen LogP contribution is 2.25. The molecule has 0 aliphatic heterocycles. The van der Waals surface area contributed by atoms with E-state index in [1.807, 2.05) is 0 Å². The van der Waals surface area contributed by atoms with Crippen LogP contribution in [0.25, 0.3) is 0 Å². The minimum absolute atomic E-state index is 0.172. The van der Waals surface area contributed by atoms with Gasteiger partial charge in [-0.15, -0.1) is 0 Å². The van der Waals surface area contributed by atoms with Crippen LogP contribution in [0, 0.1) is 5.82 Å². The largest absolute Gasteiger partial charge is 0.449 e. The third-order valence-electron chi connectivity index (χ3n) is 2.99. The predicted octanol–water partition coefficient (Wildman–Crippen LogP) is 4.97. The van der Waals surface area contributed by atoms with E-state index in [9.17, 15) is 14.0 Å². The lowest BCUT2D eigenvalue weighted by Crippen LogP contribution is -2.30. The molecule has 2 rings (SSSR count). The Balaban J connectivity index is 2.07. The minimum atomic E-state index is -1.19. The van der Waals surface area contributed by atoms with E-state index in [4.69, 9.17) is 39.5 Å². The van der Waals surface area contributed by atoms with Gasteiger partial charge in [0.25, 0.3) is 5.91 Å². The fourth-order valence-corrected chi connectivity index (χ4v) is 2.27. The summed E-state index contributed by atoms with van der Waals surface area (Å²) in [5.41, 5.74) is -0.0889. The Morgan fingerprint density at radius 3 is 2.42 bits per heavy atom. The molecule has 126 valence electrons. The third-order valence-corrected chi connectivity index (χ3v) is 3.79. The van der Waals surface area contributed by atoms with Crippen LogP contribution in [0.15, 0.2) is 36.4 Å². The number of hydrogen-bond donors (Lipinski definition) is 1. The van der Waals surface area contributed by atoms with E-state index in [1.165, 1.54) is 25.1 Å². The summed E-state index contributed by atoms with van der Waals surface area (Å²) in [5.74, 6) is -2.44. The summed E-state index contributed by atoms with van der Waals surface area (Å²) in [5, 5.41) is 3.30. The normalized spacial score (nSPS) is 11.7. The second-order valence-electron chi connectivity index (χ2n) is 4.79. The number of amides is 1. The van der Waals surface area contributed by atoms with Crippen LogP contribution in [0.4, 0.5) is 10.1 Å². The van der Waals surface area contributed by atoms with Gasteiger partial charge < -0.3 is 10.1 Å². The molecule has 0 spiro atoms. The van der Waals surface area contributed by atoms with Gasteiger partial charge in [0.15, 0.2) is 6.10 Å². The van der Waals surface area contributed by atoms with Gasteiger partial charge in [-0.25, -0.2) is 9.18 Å². The van der Waals surface area contributed by atoms with Crippen LogP contribution in [0.2, 0.25) is 15.1 Å². The first-order chi connectivity index (χ1) is 11.3. The van der Waals surface area contributed by atoms with Crippen molar-refractivity contribution in [2.24, 2.45) is 0 Å². The summed E-state index contributed by atoms with van der Waals surface area (Å²) in [6.07, 6.45) is -1.19. The molecular formula is C16H11Cl3FNO3. The summed E-state index contributed by atoms with van der Waals surface area (Å²) in [6, 6.07) is 7.98. The molecule has 0 aliphatic carbocycles. The smallest absolute Gasteiger partial charge is 0.341 e. The number of carbonyl (C=O) groups excluding carboxylic acids is 2. The van der Waals surface area contributed by atoms with Gasteiger partial charge in [0, 0.05) is 10.0 Å². The molecule has 0 heterocycles. The number of hydrogen-bond acceptors (Lipinski definition) is 3. The van der Waals surface area contributed by atoms with Crippen LogP contribution in [-0.4, -0.2) is 18.0 Å². The Labute approximate surface area is 152 Å². The fraction of sp³-hybridized carbons (Fsp3) is 0.125. The average Bonchev–Trinajstić information content (AvgIpc) is 2.53. The predicted molar refractivity (Wildman–Crippen MR) is 91.4 cm³/mol. The fourth-order valence-electron chi connectivity index (χ4n) is 1.76. The van der Waals surface area contributed by atoms with Crippen LogP contribution in [0.3, 0.4) is 0 Å². The quantitative estimate of drug-likeness (QED) is 0.750. The van der Waals surface area contributed by atoms with Gasteiger partial charge in [-0.05, 0) is 43.3 Å². The standard InChI is InChI=1S/C16H11Cl3FNO3/c1-8(15(22)21-14-7-10(18)2-4-12(14)19)24-16(23)11-6-9(17)3-5-13(11)20/h2-8H,1H3,(H,21,22). The van der Waals surface area contributed by atoms with Gasteiger partial charge in [0.1, 0.15) is 5.82 Å². The van der Waals surface area contributed by atoms with Gasteiger partial charge in [-0.2, -0.15) is 0 Å². The third kappa shape index (κ3) is 4.60. The van der Waals surface area contributed by atoms with Crippen molar-refractivity contribution in [2.75, 3.05) is 5.32 Å². The zero-order valence-electron chi connectivity index (χ0n) is 12.3. The average molecular weight is 391 g/mol. The lowest BCUT2D eigenvalue weighted by atomic mass is 10.2. The number of esters is 1. The van der Waals surface area contributed by atoms with Crippen molar-refractivity contribution in [3.8, 4) is 0 Å². The molecule has 24 heavy (non-hydrogen) atoms. The Morgan fingerprint density at radius 1 is 1.08 bits per heavy atom. The van der Waals surface area contributed by atoms with Gasteiger partial charge in [-0.1, -0.05) is 34.8 Å². The van der Waals surface area contributed by atoms with Crippen LogP contribution in [0.5, 0.6) is 0 Å². The van der Waals surface area contributed by atoms with Crippen LogP contribution in [0.1, 0.15) is 17.3 Å². The zero-order chi connectivity index (χ0) is 17.9. The van der Waals surface area contributed by atoms with Crippen molar-refractivity contribution in [1.82, 2.24) is 0 Å². The summed E-state index contributed by atoms with van der Waals surface area (Å²) >= 11 is 17.5. The molecule has 2 aromatic carbocycles. The van der Waals surface area contributed by atoms with Crippen LogP contribution >= 0.6 is 34.8 Å². The Bertz CT molecular complexity index is 798. The van der Waals surface area contributed by atoms with E-state index in [0.717, 1.165) is 12.1 Å². The molecule has 4 nitrogen and oxygen atoms in total. The molecule has 0 saturated heterocycles. The molecule has 0 aliphatic rings. The van der Waals surface area contributed by atoms with Crippen molar-refractivity contribution in [2.45, 2.75) is 13.0 Å². The van der Waals surface area contributed by atoms with E-state index in [-0.39, 0.29) is 21.3 Å². The molecule has 1 unspecified atom stereocenters. The lowest BCUT2D eigenvalue weighted by molar-refractivity contribution is -0.123. The topological polar surface area (TPSA) is 55.4 Å². The number of carbonyl (C=O) groups is 2. The summed E-state index contributed by atoms with van der Waals surface area (Å²) in [4.78, 5) is 24.0. The van der Waals surface area contributed by atoms with Gasteiger partial charge in [0.2, 0.25) is 0 Å². The number of nitrogens with one attached hydrogen (secondary N) is 1. The second kappa shape index (κ2) is 7.83. The molecule has 1 N–H and O–H groups in total. The molecule has 1 atom stereocenters.